The highest BCUT2D eigenvalue weighted by atomic mass is 35.5. The van der Waals surface area contributed by atoms with Crippen LogP contribution in [0.3, 0.4) is 0 Å². The first-order valence-electron chi connectivity index (χ1n) is 9.39. The molecule has 0 aliphatic heterocycles. The molecule has 1 amide bonds. The molecule has 6 nitrogen and oxygen atoms in total. The Kier molecular flexibility index (Phi) is 8.38. The fourth-order valence-electron chi connectivity index (χ4n) is 3.25. The van der Waals surface area contributed by atoms with Crippen LogP contribution < -0.4 is 9.62 Å². The average molecular weight is 417 g/mol. The lowest BCUT2D eigenvalue weighted by Gasteiger charge is -2.24. The number of halogens is 1. The van der Waals surface area contributed by atoms with Crippen LogP contribution in [0.25, 0.3) is 0 Å². The number of nitrogens with one attached hydrogen (secondary N) is 1. The molecule has 0 bridgehead atoms. The third-order valence-corrected chi connectivity index (χ3v) is 6.03. The largest absolute Gasteiger partial charge is 0.378 e. The van der Waals surface area contributed by atoms with E-state index in [1.165, 1.54) is 19.3 Å². The molecule has 2 rings (SSSR count). The van der Waals surface area contributed by atoms with Crippen LogP contribution in [-0.2, 0) is 19.6 Å². The molecular formula is C19H29ClN2O4S. The van der Waals surface area contributed by atoms with Crippen LogP contribution in [0.2, 0.25) is 5.02 Å². The summed E-state index contributed by atoms with van der Waals surface area (Å²) in [6.45, 7) is 2.57. The van der Waals surface area contributed by atoms with Crippen molar-refractivity contribution in [3.05, 3.63) is 28.8 Å². The molecule has 0 spiro atoms. The fourth-order valence-corrected chi connectivity index (χ4v) is 4.39. The van der Waals surface area contributed by atoms with Gasteiger partial charge in [0, 0.05) is 18.2 Å². The summed E-state index contributed by atoms with van der Waals surface area (Å²) in [4.78, 5) is 12.2. The Morgan fingerprint density at radius 3 is 2.63 bits per heavy atom. The summed E-state index contributed by atoms with van der Waals surface area (Å²) in [6.07, 6.45) is 8.14. The van der Waals surface area contributed by atoms with Crippen molar-refractivity contribution in [2.45, 2.75) is 51.6 Å². The van der Waals surface area contributed by atoms with Crippen LogP contribution in [0.1, 0.15) is 44.1 Å². The molecule has 27 heavy (non-hydrogen) atoms. The summed E-state index contributed by atoms with van der Waals surface area (Å²) in [5, 5.41) is 3.29. The second kappa shape index (κ2) is 10.3. The van der Waals surface area contributed by atoms with Crippen LogP contribution in [-0.4, -0.2) is 46.4 Å². The highest BCUT2D eigenvalue weighted by Crippen LogP contribution is 2.25. The van der Waals surface area contributed by atoms with Crippen molar-refractivity contribution in [1.29, 1.82) is 0 Å². The number of benzene rings is 1. The van der Waals surface area contributed by atoms with Crippen LogP contribution >= 0.6 is 11.6 Å². The molecule has 0 unspecified atom stereocenters. The van der Waals surface area contributed by atoms with Gasteiger partial charge in [-0.1, -0.05) is 30.9 Å². The predicted octanol–water partition coefficient (Wildman–Crippen LogP) is 3.27. The molecule has 1 aliphatic carbocycles. The second-order valence-corrected chi connectivity index (χ2v) is 9.38. The van der Waals surface area contributed by atoms with E-state index in [0.29, 0.717) is 41.9 Å². The highest BCUT2D eigenvalue weighted by Gasteiger charge is 2.22. The lowest BCUT2D eigenvalue weighted by molar-refractivity contribution is -0.119. The standard InChI is InChI=1S/C19H29ClN2O4S/c1-15-13-16(20)9-10-18(15)22(27(2,24)25)14-19(23)21-11-6-12-26-17-7-4-3-5-8-17/h9-10,13,17H,3-8,11-12,14H2,1-2H3,(H,21,23). The Bertz CT molecular complexity index is 733. The second-order valence-electron chi connectivity index (χ2n) is 7.03. The number of hydrogen-bond acceptors (Lipinski definition) is 4. The van der Waals surface area contributed by atoms with E-state index in [4.69, 9.17) is 16.3 Å². The highest BCUT2D eigenvalue weighted by molar-refractivity contribution is 7.92. The van der Waals surface area contributed by atoms with Crippen LogP contribution in [0.5, 0.6) is 0 Å². The lowest BCUT2D eigenvalue weighted by Crippen LogP contribution is -2.41. The Hall–Kier alpha value is -1.31. The minimum Gasteiger partial charge on any atom is -0.378 e. The molecule has 0 heterocycles. The quantitative estimate of drug-likeness (QED) is 0.627. The number of aryl methyl sites for hydroxylation is 1. The van der Waals surface area contributed by atoms with E-state index in [9.17, 15) is 13.2 Å². The van der Waals surface area contributed by atoms with Gasteiger partial charge in [-0.05, 0) is 49.9 Å². The van der Waals surface area contributed by atoms with Crippen molar-refractivity contribution in [2.75, 3.05) is 30.3 Å². The van der Waals surface area contributed by atoms with E-state index in [-0.39, 0.29) is 12.5 Å². The zero-order valence-corrected chi connectivity index (χ0v) is 17.6. The third kappa shape index (κ3) is 7.31. The van der Waals surface area contributed by atoms with Crippen LogP contribution in [0.4, 0.5) is 5.69 Å². The number of rotatable bonds is 9. The number of ether oxygens (including phenoxy) is 1. The molecule has 152 valence electrons. The number of sulfonamides is 1. The van der Waals surface area contributed by atoms with Gasteiger partial charge in [-0.25, -0.2) is 8.42 Å². The van der Waals surface area contributed by atoms with Gasteiger partial charge in [-0.15, -0.1) is 0 Å². The maximum Gasteiger partial charge on any atom is 0.240 e. The van der Waals surface area contributed by atoms with Gasteiger partial charge in [0.05, 0.1) is 18.0 Å². The number of carbonyl (C=O) groups is 1. The first-order chi connectivity index (χ1) is 12.8. The van der Waals surface area contributed by atoms with Gasteiger partial charge in [-0.3, -0.25) is 9.10 Å². The Morgan fingerprint density at radius 1 is 1.30 bits per heavy atom. The summed E-state index contributed by atoms with van der Waals surface area (Å²) in [5.74, 6) is -0.340. The SMILES string of the molecule is Cc1cc(Cl)ccc1N(CC(=O)NCCCOC1CCCCC1)S(C)(=O)=O. The molecule has 8 heteroatoms. The van der Waals surface area contributed by atoms with Crippen LogP contribution in [0.15, 0.2) is 18.2 Å². The Balaban J connectivity index is 1.81. The normalized spacial score (nSPS) is 15.5. The molecule has 1 N–H and O–H groups in total. The summed E-state index contributed by atoms with van der Waals surface area (Å²) in [7, 11) is -3.59. The predicted molar refractivity (Wildman–Crippen MR) is 109 cm³/mol. The topological polar surface area (TPSA) is 75.7 Å². The third-order valence-electron chi connectivity index (χ3n) is 4.66. The molecule has 0 radical (unpaired) electrons. The van der Waals surface area contributed by atoms with Crippen molar-refractivity contribution in [2.24, 2.45) is 0 Å². The molecular weight excluding hydrogens is 388 g/mol. The monoisotopic (exact) mass is 416 g/mol. The van der Waals surface area contributed by atoms with E-state index in [2.05, 4.69) is 5.32 Å². The van der Waals surface area contributed by atoms with Gasteiger partial charge in [0.25, 0.3) is 0 Å². The summed E-state index contributed by atoms with van der Waals surface area (Å²) in [6, 6.07) is 4.90. The first-order valence-corrected chi connectivity index (χ1v) is 11.6. The maximum atomic E-state index is 12.2. The number of nitrogens with zero attached hydrogens (tertiary/aromatic N) is 1. The average Bonchev–Trinajstić information content (AvgIpc) is 2.60. The smallest absolute Gasteiger partial charge is 0.240 e. The van der Waals surface area contributed by atoms with E-state index >= 15 is 0 Å². The fraction of sp³-hybridized carbons (Fsp3) is 0.632. The molecule has 0 aromatic heterocycles. The minimum absolute atomic E-state index is 0.259. The van der Waals surface area contributed by atoms with E-state index in [1.807, 2.05) is 0 Å². The van der Waals surface area contributed by atoms with E-state index < -0.39 is 10.0 Å². The van der Waals surface area contributed by atoms with Gasteiger partial charge in [-0.2, -0.15) is 0 Å². The van der Waals surface area contributed by atoms with E-state index in [0.717, 1.165) is 23.4 Å². The molecule has 1 aliphatic rings. The Morgan fingerprint density at radius 2 is 2.00 bits per heavy atom. The summed E-state index contributed by atoms with van der Waals surface area (Å²) < 4.78 is 31.2. The zero-order valence-electron chi connectivity index (χ0n) is 16.0. The number of anilines is 1. The molecule has 0 atom stereocenters. The Labute approximate surface area is 167 Å². The van der Waals surface area contributed by atoms with Crippen molar-refractivity contribution in [1.82, 2.24) is 5.32 Å². The molecule has 1 fully saturated rings. The number of amides is 1. The van der Waals surface area contributed by atoms with Crippen molar-refractivity contribution in [3.63, 3.8) is 0 Å². The summed E-state index contributed by atoms with van der Waals surface area (Å²) in [5.41, 5.74) is 1.15. The zero-order chi connectivity index (χ0) is 19.9. The van der Waals surface area contributed by atoms with Gasteiger partial charge in [0.1, 0.15) is 6.54 Å². The number of carbonyl (C=O) groups excluding carboxylic acids is 1. The molecule has 1 saturated carbocycles. The van der Waals surface area contributed by atoms with Crippen molar-refractivity contribution in [3.8, 4) is 0 Å². The number of hydrogen-bond donors (Lipinski definition) is 1. The first kappa shape index (κ1) is 22.0. The van der Waals surface area contributed by atoms with Crippen molar-refractivity contribution >= 4 is 33.2 Å². The van der Waals surface area contributed by atoms with E-state index in [1.54, 1.807) is 25.1 Å². The van der Waals surface area contributed by atoms with Gasteiger partial charge in [0.15, 0.2) is 0 Å². The molecule has 1 aromatic carbocycles. The van der Waals surface area contributed by atoms with Gasteiger partial charge >= 0.3 is 0 Å². The van der Waals surface area contributed by atoms with Crippen molar-refractivity contribution < 1.29 is 17.9 Å². The maximum absolute atomic E-state index is 12.2. The summed E-state index contributed by atoms with van der Waals surface area (Å²) >= 11 is 5.94. The lowest BCUT2D eigenvalue weighted by atomic mass is 9.98. The molecule has 1 aromatic rings. The minimum atomic E-state index is -3.59. The van der Waals surface area contributed by atoms with Crippen LogP contribution in [0, 0.1) is 6.92 Å². The molecule has 0 saturated heterocycles. The van der Waals surface area contributed by atoms with Gasteiger partial charge in [0.2, 0.25) is 15.9 Å². The van der Waals surface area contributed by atoms with Gasteiger partial charge < -0.3 is 10.1 Å².